The van der Waals surface area contributed by atoms with Gasteiger partial charge in [0.1, 0.15) is 5.15 Å². The third-order valence-corrected chi connectivity index (χ3v) is 2.91. The molecule has 0 saturated carbocycles. The van der Waals surface area contributed by atoms with Crippen LogP contribution < -0.4 is 11.1 Å². The molecule has 3 N–H and O–H groups in total. The van der Waals surface area contributed by atoms with Gasteiger partial charge in [0.05, 0.1) is 5.37 Å². The molecule has 1 atom stereocenters. The lowest BCUT2D eigenvalue weighted by molar-refractivity contribution is 0.250. The van der Waals surface area contributed by atoms with Gasteiger partial charge >= 0.3 is 0 Å². The van der Waals surface area contributed by atoms with E-state index in [2.05, 4.69) is 10.3 Å². The SMILES string of the molecule is NCCNC(SC(F)F)c1ccc(Cl)nc1. The van der Waals surface area contributed by atoms with Gasteiger partial charge in [0.2, 0.25) is 0 Å². The first-order chi connectivity index (χ1) is 7.63. The number of aromatic nitrogens is 1. The molecule has 1 rings (SSSR count). The van der Waals surface area contributed by atoms with Crippen LogP contribution in [0.2, 0.25) is 5.15 Å². The summed E-state index contributed by atoms with van der Waals surface area (Å²) in [7, 11) is 0. The number of alkyl halides is 2. The average molecular weight is 268 g/mol. The van der Waals surface area contributed by atoms with Gasteiger partial charge in [0, 0.05) is 19.3 Å². The number of halogens is 3. The van der Waals surface area contributed by atoms with Crippen LogP contribution in [0, 0.1) is 0 Å². The first-order valence-electron chi connectivity index (χ1n) is 4.62. The fraction of sp³-hybridized carbons (Fsp3) is 0.444. The number of rotatable bonds is 6. The Morgan fingerprint density at radius 2 is 2.25 bits per heavy atom. The molecule has 0 amide bonds. The van der Waals surface area contributed by atoms with E-state index in [1.807, 2.05) is 0 Å². The van der Waals surface area contributed by atoms with Crippen LogP contribution >= 0.6 is 23.4 Å². The molecule has 0 aliphatic carbocycles. The van der Waals surface area contributed by atoms with Gasteiger partial charge < -0.3 is 11.1 Å². The zero-order valence-electron chi connectivity index (χ0n) is 8.37. The summed E-state index contributed by atoms with van der Waals surface area (Å²) in [5.41, 5.74) is 5.97. The lowest BCUT2D eigenvalue weighted by Crippen LogP contribution is -2.26. The Morgan fingerprint density at radius 1 is 1.50 bits per heavy atom. The van der Waals surface area contributed by atoms with E-state index in [1.54, 1.807) is 12.1 Å². The van der Waals surface area contributed by atoms with Crippen LogP contribution in [0.5, 0.6) is 0 Å². The molecule has 90 valence electrons. The molecule has 0 fully saturated rings. The molecule has 7 heteroatoms. The van der Waals surface area contributed by atoms with E-state index in [9.17, 15) is 8.78 Å². The van der Waals surface area contributed by atoms with Gasteiger partial charge in [-0.05, 0) is 11.6 Å². The maximum atomic E-state index is 12.3. The zero-order valence-corrected chi connectivity index (χ0v) is 9.94. The summed E-state index contributed by atoms with van der Waals surface area (Å²) in [5.74, 6) is -2.45. The van der Waals surface area contributed by atoms with Crippen molar-refractivity contribution < 1.29 is 8.78 Å². The van der Waals surface area contributed by atoms with E-state index < -0.39 is 11.1 Å². The Labute approximate surface area is 102 Å². The standard InChI is InChI=1S/C9H12ClF2N3S/c10-7-2-1-6(5-15-7)8(14-4-3-13)16-9(11)12/h1-2,5,8-9,14H,3-4,13H2. The van der Waals surface area contributed by atoms with Crippen molar-refractivity contribution in [1.29, 1.82) is 0 Å². The summed E-state index contributed by atoms with van der Waals surface area (Å²) in [6.07, 6.45) is 1.48. The maximum Gasteiger partial charge on any atom is 0.286 e. The van der Waals surface area contributed by atoms with Gasteiger partial charge in [-0.15, -0.1) is 0 Å². The quantitative estimate of drug-likeness (QED) is 0.613. The minimum Gasteiger partial charge on any atom is -0.329 e. The predicted molar refractivity (Wildman–Crippen MR) is 62.6 cm³/mol. The van der Waals surface area contributed by atoms with Crippen LogP contribution in [0.15, 0.2) is 18.3 Å². The smallest absolute Gasteiger partial charge is 0.286 e. The Balaban J connectivity index is 2.70. The lowest BCUT2D eigenvalue weighted by Gasteiger charge is -2.17. The van der Waals surface area contributed by atoms with Crippen molar-refractivity contribution in [1.82, 2.24) is 10.3 Å². The van der Waals surface area contributed by atoms with E-state index in [-0.39, 0.29) is 0 Å². The predicted octanol–water partition coefficient (Wildman–Crippen LogP) is 2.24. The van der Waals surface area contributed by atoms with Crippen molar-refractivity contribution in [3.63, 3.8) is 0 Å². The summed E-state index contributed by atoms with van der Waals surface area (Å²) in [4.78, 5) is 3.85. The van der Waals surface area contributed by atoms with E-state index in [0.29, 0.717) is 35.6 Å². The Bertz CT molecular complexity index is 310. The highest BCUT2D eigenvalue weighted by molar-refractivity contribution is 7.99. The maximum absolute atomic E-state index is 12.3. The first-order valence-corrected chi connectivity index (χ1v) is 5.94. The van der Waals surface area contributed by atoms with Crippen LogP contribution in [0.4, 0.5) is 8.78 Å². The first kappa shape index (κ1) is 13.6. The molecule has 16 heavy (non-hydrogen) atoms. The van der Waals surface area contributed by atoms with E-state index in [1.165, 1.54) is 6.20 Å². The summed E-state index contributed by atoms with van der Waals surface area (Å²) < 4.78 is 24.6. The minimum absolute atomic E-state index is 0.336. The number of pyridine rings is 1. The highest BCUT2D eigenvalue weighted by atomic mass is 35.5. The molecule has 0 bridgehead atoms. The van der Waals surface area contributed by atoms with Crippen LogP contribution in [-0.2, 0) is 0 Å². The van der Waals surface area contributed by atoms with Gasteiger partial charge in [0.25, 0.3) is 5.76 Å². The monoisotopic (exact) mass is 267 g/mol. The molecule has 3 nitrogen and oxygen atoms in total. The highest BCUT2D eigenvalue weighted by Gasteiger charge is 2.17. The van der Waals surface area contributed by atoms with Gasteiger partial charge in [-0.25, -0.2) is 4.98 Å². The van der Waals surface area contributed by atoms with Crippen LogP contribution in [0.25, 0.3) is 0 Å². The highest BCUT2D eigenvalue weighted by Crippen LogP contribution is 2.31. The number of nitrogens with zero attached hydrogens (tertiary/aromatic N) is 1. The van der Waals surface area contributed by atoms with Crippen molar-refractivity contribution in [2.45, 2.75) is 11.1 Å². The topological polar surface area (TPSA) is 50.9 Å². The van der Waals surface area contributed by atoms with Gasteiger partial charge in [-0.3, -0.25) is 0 Å². The molecule has 0 spiro atoms. The zero-order chi connectivity index (χ0) is 12.0. The molecule has 1 heterocycles. The fourth-order valence-electron chi connectivity index (χ4n) is 1.10. The van der Waals surface area contributed by atoms with E-state index in [0.717, 1.165) is 0 Å². The third kappa shape index (κ3) is 4.61. The van der Waals surface area contributed by atoms with Gasteiger partial charge in [0.15, 0.2) is 0 Å². The van der Waals surface area contributed by atoms with Gasteiger partial charge in [-0.1, -0.05) is 29.4 Å². The van der Waals surface area contributed by atoms with Gasteiger partial charge in [-0.2, -0.15) is 8.78 Å². The molecule has 1 aromatic rings. The molecular formula is C9H12ClF2N3S. The van der Waals surface area contributed by atoms with Crippen molar-refractivity contribution in [3.8, 4) is 0 Å². The molecule has 0 radical (unpaired) electrons. The number of nitrogens with one attached hydrogen (secondary N) is 1. The minimum atomic E-state index is -2.45. The molecule has 0 aromatic carbocycles. The summed E-state index contributed by atoms with van der Waals surface area (Å²) in [6.45, 7) is 0.855. The number of hydrogen-bond acceptors (Lipinski definition) is 4. The third-order valence-electron chi connectivity index (χ3n) is 1.77. The van der Waals surface area contributed by atoms with E-state index in [4.69, 9.17) is 17.3 Å². The Hall–Kier alpha value is -0.430. The van der Waals surface area contributed by atoms with Crippen molar-refractivity contribution in [2.75, 3.05) is 13.1 Å². The second-order valence-electron chi connectivity index (χ2n) is 2.93. The van der Waals surface area contributed by atoms with Crippen LogP contribution in [0.3, 0.4) is 0 Å². The van der Waals surface area contributed by atoms with Crippen molar-refractivity contribution in [2.24, 2.45) is 5.73 Å². The lowest BCUT2D eigenvalue weighted by atomic mass is 10.3. The average Bonchev–Trinajstić information content (AvgIpc) is 2.25. The summed E-state index contributed by atoms with van der Waals surface area (Å²) >= 11 is 6.14. The second-order valence-corrected chi connectivity index (χ2v) is 4.42. The van der Waals surface area contributed by atoms with Crippen molar-refractivity contribution in [3.05, 3.63) is 29.0 Å². The summed E-state index contributed by atoms with van der Waals surface area (Å²) in [5, 5.41) is 2.73. The van der Waals surface area contributed by atoms with E-state index >= 15 is 0 Å². The molecule has 0 saturated heterocycles. The number of hydrogen-bond donors (Lipinski definition) is 2. The molecule has 0 aliphatic heterocycles. The normalized spacial score (nSPS) is 13.1. The fourth-order valence-corrected chi connectivity index (χ4v) is 1.93. The van der Waals surface area contributed by atoms with Crippen LogP contribution in [-0.4, -0.2) is 23.8 Å². The Morgan fingerprint density at radius 3 is 2.75 bits per heavy atom. The number of thioether (sulfide) groups is 1. The summed E-state index contributed by atoms with van der Waals surface area (Å²) in [6, 6.07) is 3.24. The van der Waals surface area contributed by atoms with Crippen molar-refractivity contribution >= 4 is 23.4 Å². The molecule has 1 unspecified atom stereocenters. The molecular weight excluding hydrogens is 256 g/mol. The van der Waals surface area contributed by atoms with Crippen LogP contribution in [0.1, 0.15) is 10.9 Å². The number of nitrogens with two attached hydrogens (primary N) is 1. The Kier molecular flexibility index (Phi) is 5.97. The molecule has 1 aromatic heterocycles. The molecule has 0 aliphatic rings. The second kappa shape index (κ2) is 7.01. The largest absolute Gasteiger partial charge is 0.329 e.